The van der Waals surface area contributed by atoms with Crippen LogP contribution < -0.4 is 14.4 Å². The molecule has 0 N–H and O–H groups in total. The minimum atomic E-state index is -4.78. The van der Waals surface area contributed by atoms with Crippen LogP contribution in [0.2, 0.25) is 0 Å². The highest BCUT2D eigenvalue weighted by atomic mass is 19.4. The van der Waals surface area contributed by atoms with Gasteiger partial charge >= 0.3 is 18.4 Å². The largest absolute Gasteiger partial charge is 0.573 e. The molecule has 1 aromatic carbocycles. The smallest absolute Gasteiger partial charge is 0.424 e. The molecule has 12 heteroatoms. The van der Waals surface area contributed by atoms with Crippen molar-refractivity contribution in [3.63, 3.8) is 0 Å². The summed E-state index contributed by atoms with van der Waals surface area (Å²) in [7, 11) is 0. The van der Waals surface area contributed by atoms with Crippen molar-refractivity contribution in [3.8, 4) is 17.5 Å². The first-order valence-electron chi connectivity index (χ1n) is 11.7. The predicted molar refractivity (Wildman–Crippen MR) is 118 cm³/mol. The first-order valence-corrected chi connectivity index (χ1v) is 11.7. The van der Waals surface area contributed by atoms with Gasteiger partial charge in [0.2, 0.25) is 0 Å². The number of aryl methyl sites for hydroxylation is 1. The zero-order valence-electron chi connectivity index (χ0n) is 19.7. The topological polar surface area (TPSA) is 91.3 Å². The van der Waals surface area contributed by atoms with E-state index in [1.807, 2.05) is 20.8 Å². The van der Waals surface area contributed by atoms with E-state index < -0.39 is 6.36 Å². The summed E-state index contributed by atoms with van der Waals surface area (Å²) in [5.41, 5.74) is 0. The fourth-order valence-corrected chi connectivity index (χ4v) is 5.13. The Morgan fingerprint density at radius 2 is 1.83 bits per heavy atom. The number of halogens is 3. The molecule has 2 fully saturated rings. The predicted octanol–water partition coefficient (Wildman–Crippen LogP) is 4.95. The second kappa shape index (κ2) is 9.04. The Morgan fingerprint density at radius 1 is 1.11 bits per heavy atom. The van der Waals surface area contributed by atoms with Gasteiger partial charge in [-0.15, -0.1) is 13.2 Å². The van der Waals surface area contributed by atoms with E-state index in [0.717, 1.165) is 25.9 Å². The average Bonchev–Trinajstić information content (AvgIpc) is 3.43. The van der Waals surface area contributed by atoms with E-state index >= 15 is 0 Å². The van der Waals surface area contributed by atoms with E-state index in [1.165, 1.54) is 18.2 Å². The van der Waals surface area contributed by atoms with Crippen LogP contribution in [0.5, 0.6) is 17.5 Å². The van der Waals surface area contributed by atoms with Crippen LogP contribution in [0.3, 0.4) is 0 Å². The van der Waals surface area contributed by atoms with Gasteiger partial charge in [-0.1, -0.05) is 11.2 Å². The number of aromatic nitrogens is 5. The molecule has 0 radical (unpaired) electrons. The van der Waals surface area contributed by atoms with E-state index in [-0.39, 0.29) is 23.6 Å². The fourth-order valence-electron chi connectivity index (χ4n) is 5.13. The molecule has 0 amide bonds. The molecule has 1 saturated carbocycles. The molecular weight excluding hydrogens is 465 g/mol. The zero-order chi connectivity index (χ0) is 24.7. The molecule has 2 aromatic heterocycles. The quantitative estimate of drug-likeness (QED) is 0.458. The summed E-state index contributed by atoms with van der Waals surface area (Å²) >= 11 is 0. The van der Waals surface area contributed by atoms with Gasteiger partial charge in [-0.3, -0.25) is 0 Å². The maximum Gasteiger partial charge on any atom is 0.573 e. The van der Waals surface area contributed by atoms with Gasteiger partial charge in [-0.2, -0.15) is 15.1 Å². The first kappa shape index (κ1) is 23.4. The minimum absolute atomic E-state index is 0.0415. The van der Waals surface area contributed by atoms with Gasteiger partial charge in [0.25, 0.3) is 0 Å². The molecule has 3 atom stereocenters. The van der Waals surface area contributed by atoms with Crippen LogP contribution in [-0.2, 0) is 6.42 Å². The van der Waals surface area contributed by atoms with Crippen molar-refractivity contribution >= 4 is 6.01 Å². The normalized spacial score (nSPS) is 22.1. The third kappa shape index (κ3) is 5.20. The molecule has 3 aromatic rings. The second-order valence-electron chi connectivity index (χ2n) is 9.47. The van der Waals surface area contributed by atoms with E-state index in [9.17, 15) is 13.2 Å². The van der Waals surface area contributed by atoms with Crippen molar-refractivity contribution in [2.75, 3.05) is 18.0 Å². The third-order valence-corrected chi connectivity index (χ3v) is 6.62. The Bertz CT molecular complexity index is 1160. The molecule has 0 spiro atoms. The van der Waals surface area contributed by atoms with Gasteiger partial charge in [0.05, 0.1) is 6.04 Å². The number of nitrogens with zero attached hydrogens (tertiary/aromatic N) is 6. The van der Waals surface area contributed by atoms with Crippen molar-refractivity contribution in [2.24, 2.45) is 17.8 Å². The lowest BCUT2D eigenvalue weighted by molar-refractivity contribution is -0.274. The number of ether oxygens (including phenoxy) is 2. The van der Waals surface area contributed by atoms with Gasteiger partial charge < -0.3 is 18.9 Å². The van der Waals surface area contributed by atoms with Crippen molar-refractivity contribution in [1.82, 2.24) is 24.9 Å². The summed E-state index contributed by atoms with van der Waals surface area (Å²) in [5.74, 6) is 2.48. The maximum absolute atomic E-state index is 12.6. The standard InChI is InChI=1S/C23H27F3N6O3/c1-13(2)32-22(33-17-5-4-6-18(9-17)34-23(24,25)26)28-20(29-32)10-19-15-7-8-16(19)12-31(11-15)21-27-14(3)30-35-21/h4-6,9,13,15-16,19H,7-8,10-12H2,1-3H3/t15-,16+,19?. The lowest BCUT2D eigenvalue weighted by Gasteiger charge is -2.36. The Kier molecular flexibility index (Phi) is 6.06. The van der Waals surface area contributed by atoms with Crippen LogP contribution in [0.25, 0.3) is 0 Å². The molecule has 35 heavy (non-hydrogen) atoms. The van der Waals surface area contributed by atoms with Crippen LogP contribution in [0, 0.1) is 24.7 Å². The number of rotatable bonds is 7. The van der Waals surface area contributed by atoms with Crippen LogP contribution in [-0.4, -0.2) is 44.4 Å². The highest BCUT2D eigenvalue weighted by molar-refractivity contribution is 5.34. The van der Waals surface area contributed by atoms with Crippen molar-refractivity contribution in [3.05, 3.63) is 35.9 Å². The van der Waals surface area contributed by atoms with Gasteiger partial charge in [-0.05, 0) is 63.5 Å². The van der Waals surface area contributed by atoms with Crippen LogP contribution in [0.1, 0.15) is 44.4 Å². The number of benzene rings is 1. The molecule has 1 saturated heterocycles. The van der Waals surface area contributed by atoms with Crippen LogP contribution >= 0.6 is 0 Å². The molecule has 3 heterocycles. The van der Waals surface area contributed by atoms with Gasteiger partial charge in [0, 0.05) is 25.6 Å². The van der Waals surface area contributed by atoms with Crippen molar-refractivity contribution in [2.45, 2.75) is 52.4 Å². The molecule has 2 aliphatic rings. The lowest BCUT2D eigenvalue weighted by Crippen LogP contribution is -2.43. The summed E-state index contributed by atoms with van der Waals surface area (Å²) in [4.78, 5) is 11.2. The molecule has 188 valence electrons. The minimum Gasteiger partial charge on any atom is -0.424 e. The van der Waals surface area contributed by atoms with E-state index in [2.05, 4.69) is 29.9 Å². The molecular formula is C23H27F3N6O3. The number of hydrogen-bond acceptors (Lipinski definition) is 8. The second-order valence-corrected chi connectivity index (χ2v) is 9.47. The number of fused-ring (bicyclic) bond motifs is 2. The van der Waals surface area contributed by atoms with Crippen molar-refractivity contribution in [1.29, 1.82) is 0 Å². The highest BCUT2D eigenvalue weighted by Gasteiger charge is 2.43. The first-order chi connectivity index (χ1) is 16.6. The number of hydrogen-bond donors (Lipinski definition) is 0. The molecule has 9 nitrogen and oxygen atoms in total. The molecule has 2 bridgehead atoms. The fraction of sp³-hybridized carbons (Fsp3) is 0.565. The summed E-state index contributed by atoms with van der Waals surface area (Å²) in [5, 5.41) is 8.58. The molecule has 5 rings (SSSR count). The SMILES string of the molecule is Cc1noc(N2C[C@H]3CC[C@@H](C2)C3Cc2nc(Oc3cccc(OC(F)(F)F)c3)n(C(C)C)n2)n1. The number of alkyl halides is 3. The Balaban J connectivity index is 1.30. The average molecular weight is 493 g/mol. The van der Waals surface area contributed by atoms with Crippen molar-refractivity contribution < 1.29 is 27.2 Å². The number of piperidine rings is 1. The summed E-state index contributed by atoms with van der Waals surface area (Å²) in [6.07, 6.45) is -1.82. The molecule has 1 aliphatic carbocycles. The van der Waals surface area contributed by atoms with E-state index in [4.69, 9.17) is 9.26 Å². The highest BCUT2D eigenvalue weighted by Crippen LogP contribution is 2.44. The Hall–Kier alpha value is -3.31. The molecule has 1 unspecified atom stereocenters. The van der Waals surface area contributed by atoms with Crippen LogP contribution in [0.15, 0.2) is 28.8 Å². The summed E-state index contributed by atoms with van der Waals surface area (Å²) in [6.45, 7) is 7.41. The third-order valence-electron chi connectivity index (χ3n) is 6.62. The van der Waals surface area contributed by atoms with Gasteiger partial charge in [0.1, 0.15) is 11.5 Å². The van der Waals surface area contributed by atoms with Gasteiger partial charge in [0.15, 0.2) is 11.6 Å². The van der Waals surface area contributed by atoms with E-state index in [0.29, 0.717) is 41.8 Å². The summed E-state index contributed by atoms with van der Waals surface area (Å²) < 4.78 is 54.6. The zero-order valence-corrected chi connectivity index (χ0v) is 19.7. The maximum atomic E-state index is 12.6. The van der Waals surface area contributed by atoms with Crippen LogP contribution in [0.4, 0.5) is 19.2 Å². The lowest BCUT2D eigenvalue weighted by atomic mass is 9.82. The Labute approximate surface area is 200 Å². The van der Waals surface area contributed by atoms with Gasteiger partial charge in [-0.25, -0.2) is 4.68 Å². The summed E-state index contributed by atoms with van der Waals surface area (Å²) in [6, 6.07) is 6.16. The molecule has 1 aliphatic heterocycles. The Morgan fingerprint density at radius 3 is 2.46 bits per heavy atom. The monoisotopic (exact) mass is 492 g/mol. The number of anilines is 1. The van der Waals surface area contributed by atoms with E-state index in [1.54, 1.807) is 10.7 Å².